The second-order valence-electron chi connectivity index (χ2n) is 10.3. The summed E-state index contributed by atoms with van der Waals surface area (Å²) in [4.78, 5) is 16.3. The van der Waals surface area contributed by atoms with Crippen molar-refractivity contribution in [3.63, 3.8) is 0 Å². The van der Waals surface area contributed by atoms with Crippen LogP contribution in [0.1, 0.15) is 70.9 Å². The lowest BCUT2D eigenvalue weighted by Gasteiger charge is -2.58. The maximum atomic E-state index is 12.0. The molecule has 1 aromatic rings. The molecule has 1 N–H and O–H groups in total. The Labute approximate surface area is 174 Å². The predicted octanol–water partition coefficient (Wildman–Crippen LogP) is 4.70. The normalized spacial score (nSPS) is 43.3. The van der Waals surface area contributed by atoms with Crippen molar-refractivity contribution >= 4 is 5.78 Å². The fourth-order valence-electron chi connectivity index (χ4n) is 7.38. The molecule has 3 saturated carbocycles. The summed E-state index contributed by atoms with van der Waals surface area (Å²) >= 11 is 0. The Kier molecular flexibility index (Phi) is 4.30. The van der Waals surface area contributed by atoms with Crippen LogP contribution in [0.15, 0.2) is 36.0 Å². The molecule has 152 valence electrons. The van der Waals surface area contributed by atoms with Gasteiger partial charge < -0.3 is 5.11 Å². The van der Waals surface area contributed by atoms with Crippen LogP contribution in [0.25, 0.3) is 0 Å². The van der Waals surface area contributed by atoms with Crippen LogP contribution in [0.3, 0.4) is 0 Å². The molecule has 0 unspecified atom stereocenters. The molecule has 4 aliphatic carbocycles. The number of carbonyl (C=O) groups excluding carboxylic acids is 1. The molecule has 0 aliphatic heterocycles. The van der Waals surface area contributed by atoms with E-state index < -0.39 is 5.60 Å². The molecule has 0 saturated heterocycles. The number of hydrogen-bond donors (Lipinski definition) is 1. The molecule has 0 amide bonds. The van der Waals surface area contributed by atoms with Gasteiger partial charge in [0.2, 0.25) is 0 Å². The van der Waals surface area contributed by atoms with E-state index in [-0.39, 0.29) is 10.8 Å². The van der Waals surface area contributed by atoms with E-state index >= 15 is 0 Å². The van der Waals surface area contributed by atoms with Gasteiger partial charge in [-0.25, -0.2) is 4.98 Å². The van der Waals surface area contributed by atoms with Crippen molar-refractivity contribution in [3.8, 4) is 11.8 Å². The minimum atomic E-state index is -0.931. The van der Waals surface area contributed by atoms with E-state index in [1.807, 2.05) is 24.3 Å². The smallest absolute Gasteiger partial charge is 0.155 e. The first-order valence-corrected chi connectivity index (χ1v) is 11.3. The molecule has 3 heteroatoms. The van der Waals surface area contributed by atoms with E-state index in [9.17, 15) is 9.90 Å². The van der Waals surface area contributed by atoms with Crippen molar-refractivity contribution in [2.24, 2.45) is 28.6 Å². The first-order valence-electron chi connectivity index (χ1n) is 11.3. The van der Waals surface area contributed by atoms with Crippen molar-refractivity contribution in [1.29, 1.82) is 0 Å². The third kappa shape index (κ3) is 2.76. The van der Waals surface area contributed by atoms with Gasteiger partial charge in [0.15, 0.2) is 5.78 Å². The average molecular weight is 390 g/mol. The largest absolute Gasteiger partial charge is 0.377 e. The van der Waals surface area contributed by atoms with Gasteiger partial charge in [-0.2, -0.15) is 0 Å². The highest BCUT2D eigenvalue weighted by Crippen LogP contribution is 2.67. The van der Waals surface area contributed by atoms with Gasteiger partial charge in [-0.05, 0) is 92.2 Å². The van der Waals surface area contributed by atoms with Crippen LogP contribution in [-0.4, -0.2) is 21.5 Å². The molecule has 6 atom stereocenters. The maximum Gasteiger partial charge on any atom is 0.155 e. The van der Waals surface area contributed by atoms with Crippen molar-refractivity contribution in [3.05, 3.63) is 41.7 Å². The zero-order valence-electron chi connectivity index (χ0n) is 17.6. The quantitative estimate of drug-likeness (QED) is 0.655. The lowest BCUT2D eigenvalue weighted by atomic mass is 9.46. The number of fused-ring (bicyclic) bond motifs is 5. The van der Waals surface area contributed by atoms with Gasteiger partial charge in [-0.1, -0.05) is 31.4 Å². The summed E-state index contributed by atoms with van der Waals surface area (Å²) in [5, 5.41) is 11.7. The summed E-state index contributed by atoms with van der Waals surface area (Å²) in [5.41, 5.74) is 1.23. The SMILES string of the molecule is C[C@]12CCC(=O)C=C1CC[C@@H]1[C@@H]2CC[C@@]2(C)[C@H]1CC[C@@]2(O)C#Cc1ccccn1. The Balaban J connectivity index is 1.45. The van der Waals surface area contributed by atoms with Crippen molar-refractivity contribution in [1.82, 2.24) is 4.98 Å². The zero-order valence-corrected chi connectivity index (χ0v) is 17.6. The van der Waals surface area contributed by atoms with Gasteiger partial charge in [0, 0.05) is 18.0 Å². The number of carbonyl (C=O) groups is 1. The average Bonchev–Trinajstić information content (AvgIpc) is 2.99. The monoisotopic (exact) mass is 389 g/mol. The summed E-state index contributed by atoms with van der Waals surface area (Å²) in [6.07, 6.45) is 11.6. The zero-order chi connectivity index (χ0) is 20.3. The molecule has 1 aromatic heterocycles. The van der Waals surface area contributed by atoms with Gasteiger partial charge in [0.05, 0.1) is 0 Å². The summed E-state index contributed by atoms with van der Waals surface area (Å²) in [6.45, 7) is 4.69. The molecule has 1 heterocycles. The molecule has 3 nitrogen and oxygen atoms in total. The van der Waals surface area contributed by atoms with Crippen molar-refractivity contribution < 1.29 is 9.90 Å². The fourth-order valence-corrected chi connectivity index (χ4v) is 7.38. The number of allylic oxidation sites excluding steroid dienone is 1. The Morgan fingerprint density at radius 2 is 1.90 bits per heavy atom. The number of ketones is 1. The standard InChI is InChI=1S/C26H31NO2/c1-24-12-9-20(28)17-18(24)6-7-21-22(24)10-13-25(2)23(21)11-15-26(25,29)14-8-19-5-3-4-16-27-19/h3-5,16-17,21-23,29H,6-7,9-13,15H2,1-2H3/t21-,22+,23+,24+,25+,26+/m1/s1. The number of aliphatic hydroxyl groups is 1. The van der Waals surface area contributed by atoms with Gasteiger partial charge in [0.25, 0.3) is 0 Å². The molecule has 29 heavy (non-hydrogen) atoms. The number of pyridine rings is 1. The highest BCUT2D eigenvalue weighted by atomic mass is 16.3. The lowest BCUT2D eigenvalue weighted by molar-refractivity contribution is -0.119. The molecule has 0 spiro atoms. The van der Waals surface area contributed by atoms with Crippen LogP contribution >= 0.6 is 0 Å². The van der Waals surface area contributed by atoms with Crippen LogP contribution in [0, 0.1) is 40.4 Å². The predicted molar refractivity (Wildman–Crippen MR) is 113 cm³/mol. The molecule has 0 bridgehead atoms. The minimum Gasteiger partial charge on any atom is -0.377 e. The Morgan fingerprint density at radius 1 is 1.07 bits per heavy atom. The van der Waals surface area contributed by atoms with Crippen molar-refractivity contribution in [2.45, 2.75) is 70.8 Å². The van der Waals surface area contributed by atoms with Crippen LogP contribution in [0.2, 0.25) is 0 Å². The van der Waals surface area contributed by atoms with E-state index in [1.165, 1.54) is 5.57 Å². The second-order valence-corrected chi connectivity index (χ2v) is 10.3. The first-order chi connectivity index (χ1) is 13.9. The maximum absolute atomic E-state index is 12.0. The van der Waals surface area contributed by atoms with E-state index in [2.05, 4.69) is 30.7 Å². The molecular weight excluding hydrogens is 358 g/mol. The van der Waals surface area contributed by atoms with Crippen LogP contribution in [0.4, 0.5) is 0 Å². The minimum absolute atomic E-state index is 0.155. The van der Waals surface area contributed by atoms with Crippen LogP contribution in [0.5, 0.6) is 0 Å². The Bertz CT molecular complexity index is 925. The molecular formula is C26H31NO2. The summed E-state index contributed by atoms with van der Waals surface area (Å²) in [7, 11) is 0. The first kappa shape index (κ1) is 19.1. The summed E-state index contributed by atoms with van der Waals surface area (Å²) < 4.78 is 0. The molecule has 0 radical (unpaired) electrons. The molecule has 0 aromatic carbocycles. The van der Waals surface area contributed by atoms with Crippen LogP contribution < -0.4 is 0 Å². The highest BCUT2D eigenvalue weighted by Gasteiger charge is 2.63. The van der Waals surface area contributed by atoms with E-state index in [4.69, 9.17) is 0 Å². The molecule has 5 rings (SSSR count). The lowest BCUT2D eigenvalue weighted by Crippen LogP contribution is -2.54. The number of rotatable bonds is 0. The van der Waals surface area contributed by atoms with Crippen molar-refractivity contribution in [2.75, 3.05) is 0 Å². The molecule has 3 fully saturated rings. The third-order valence-corrected chi connectivity index (χ3v) is 9.18. The number of hydrogen-bond acceptors (Lipinski definition) is 3. The van der Waals surface area contributed by atoms with Gasteiger partial charge >= 0.3 is 0 Å². The van der Waals surface area contributed by atoms with E-state index in [0.29, 0.717) is 30.0 Å². The van der Waals surface area contributed by atoms with E-state index in [0.717, 1.165) is 50.6 Å². The Hall–Kier alpha value is -1.92. The number of aromatic nitrogens is 1. The summed E-state index contributed by atoms with van der Waals surface area (Å²) in [6, 6.07) is 5.73. The topological polar surface area (TPSA) is 50.2 Å². The molecule has 4 aliphatic rings. The number of nitrogens with zero attached hydrogens (tertiary/aromatic N) is 1. The van der Waals surface area contributed by atoms with Gasteiger partial charge in [-0.15, -0.1) is 0 Å². The second kappa shape index (κ2) is 6.54. The van der Waals surface area contributed by atoms with E-state index in [1.54, 1.807) is 6.20 Å². The Morgan fingerprint density at radius 3 is 2.69 bits per heavy atom. The highest BCUT2D eigenvalue weighted by molar-refractivity contribution is 5.91. The van der Waals surface area contributed by atoms with Crippen LogP contribution in [-0.2, 0) is 4.79 Å². The van der Waals surface area contributed by atoms with Gasteiger partial charge in [-0.3, -0.25) is 4.79 Å². The summed E-state index contributed by atoms with van der Waals surface area (Å²) in [5.74, 6) is 8.53. The fraction of sp³-hybridized carbons (Fsp3) is 0.615. The van der Waals surface area contributed by atoms with Gasteiger partial charge in [0.1, 0.15) is 11.3 Å². The third-order valence-electron chi connectivity index (χ3n) is 9.18.